The van der Waals surface area contributed by atoms with Crippen LogP contribution in [0, 0.1) is 16.7 Å². The van der Waals surface area contributed by atoms with Crippen LogP contribution in [0.15, 0.2) is 54.6 Å². The minimum absolute atomic E-state index is 0.0139. The third-order valence-electron chi connectivity index (χ3n) is 9.35. The molecule has 2 aromatic carbocycles. The molecule has 5 aliphatic rings. The van der Waals surface area contributed by atoms with E-state index < -0.39 is 23.3 Å². The quantitative estimate of drug-likeness (QED) is 0.509. The molecule has 1 unspecified atom stereocenters. The van der Waals surface area contributed by atoms with Gasteiger partial charge >= 0.3 is 0 Å². The van der Waals surface area contributed by atoms with Gasteiger partial charge in [-0.2, -0.15) is 5.01 Å². The van der Waals surface area contributed by atoms with Gasteiger partial charge < -0.3 is 0 Å². The lowest BCUT2D eigenvalue weighted by Gasteiger charge is -2.35. The molecule has 0 radical (unpaired) electrons. The van der Waals surface area contributed by atoms with Crippen molar-refractivity contribution < 1.29 is 19.2 Å². The third-order valence-corrected chi connectivity index (χ3v) is 9.35. The normalized spacial score (nSPS) is 34.0. The second-order valence-corrected chi connectivity index (χ2v) is 10.9. The summed E-state index contributed by atoms with van der Waals surface area (Å²) in [6.07, 6.45) is 2.55. The lowest BCUT2D eigenvalue weighted by Crippen LogP contribution is -2.51. The molecule has 4 fully saturated rings. The molecule has 2 saturated carbocycles. The second kappa shape index (κ2) is 6.57. The zero-order valence-corrected chi connectivity index (χ0v) is 19.7. The Labute approximate surface area is 203 Å². The summed E-state index contributed by atoms with van der Waals surface area (Å²) in [4.78, 5) is 54.1. The summed E-state index contributed by atoms with van der Waals surface area (Å²) in [6.45, 7) is 4.61. The van der Waals surface area contributed by atoms with Gasteiger partial charge in [0.2, 0.25) is 0 Å². The van der Waals surface area contributed by atoms with Gasteiger partial charge in [0.1, 0.15) is 6.04 Å². The monoisotopic (exact) mass is 470 g/mol. The number of carbonyl (C=O) groups excluding carboxylic acids is 4. The number of hydrogen-bond donors (Lipinski definition) is 0. The number of anilines is 1. The van der Waals surface area contributed by atoms with Crippen LogP contribution in [-0.4, -0.2) is 57.3 Å². The van der Waals surface area contributed by atoms with E-state index in [0.29, 0.717) is 22.7 Å². The summed E-state index contributed by atoms with van der Waals surface area (Å²) in [5.41, 5.74) is 0.557. The number of para-hydroxylation sites is 1. The van der Waals surface area contributed by atoms with Crippen LogP contribution in [0.4, 0.5) is 5.69 Å². The first-order chi connectivity index (χ1) is 16.8. The van der Waals surface area contributed by atoms with Crippen molar-refractivity contribution in [3.8, 4) is 0 Å². The summed E-state index contributed by atoms with van der Waals surface area (Å²) in [5.74, 6) is -0.674. The average molecular weight is 471 g/mol. The van der Waals surface area contributed by atoms with E-state index >= 15 is 0 Å². The molecule has 7 rings (SSSR count). The number of imide groups is 1. The number of hydrogen-bond acceptors (Lipinski definition) is 5. The molecule has 2 saturated heterocycles. The first-order valence-electron chi connectivity index (χ1n) is 12.3. The van der Waals surface area contributed by atoms with Gasteiger partial charge in [0.05, 0.1) is 28.3 Å². The van der Waals surface area contributed by atoms with Gasteiger partial charge in [-0.05, 0) is 54.9 Å². The van der Waals surface area contributed by atoms with E-state index in [4.69, 9.17) is 0 Å². The molecular weight excluding hydrogens is 444 g/mol. The summed E-state index contributed by atoms with van der Waals surface area (Å²) >= 11 is 0. The zero-order chi connectivity index (χ0) is 24.3. The van der Waals surface area contributed by atoms with E-state index in [-0.39, 0.29) is 29.8 Å². The number of rotatable bonds is 3. The molecule has 8 heteroatoms. The largest absolute Gasteiger partial charge is 0.276 e. The number of carbonyl (C=O) groups is 4. The fraction of sp³-hybridized carbons (Fsp3) is 0.407. The Morgan fingerprint density at radius 2 is 1.51 bits per heavy atom. The highest BCUT2D eigenvalue weighted by Gasteiger charge is 2.76. The molecule has 2 aliphatic carbocycles. The van der Waals surface area contributed by atoms with Crippen molar-refractivity contribution in [2.75, 3.05) is 11.6 Å². The van der Waals surface area contributed by atoms with E-state index in [1.165, 1.54) is 5.01 Å². The predicted octanol–water partition coefficient (Wildman–Crippen LogP) is 2.87. The number of amides is 4. The molecule has 0 N–H and O–H groups in total. The van der Waals surface area contributed by atoms with Crippen LogP contribution < -0.4 is 5.01 Å². The molecule has 8 nitrogen and oxygen atoms in total. The van der Waals surface area contributed by atoms with Gasteiger partial charge in [-0.3, -0.25) is 19.2 Å². The van der Waals surface area contributed by atoms with Crippen molar-refractivity contribution >= 4 is 29.3 Å². The maximum absolute atomic E-state index is 14.1. The first kappa shape index (κ1) is 20.8. The average Bonchev–Trinajstić information content (AvgIpc) is 3.40. The topological polar surface area (TPSA) is 81.0 Å². The van der Waals surface area contributed by atoms with Gasteiger partial charge in [-0.1, -0.05) is 44.2 Å². The highest BCUT2D eigenvalue weighted by Crippen LogP contribution is 2.70. The zero-order valence-electron chi connectivity index (χ0n) is 19.7. The van der Waals surface area contributed by atoms with Gasteiger partial charge in [-0.25, -0.2) is 15.0 Å². The molecule has 4 amide bonds. The van der Waals surface area contributed by atoms with E-state index in [9.17, 15) is 19.2 Å². The summed E-state index contributed by atoms with van der Waals surface area (Å²) < 4.78 is 0. The number of nitrogens with zero attached hydrogens (tertiary/aromatic N) is 4. The standard InChI is InChI=1S/C27H26N4O4/c1-26(2)16-12-13-27(26)21(14-16)30(29(25(27)35)17-8-4-3-5-9-17)24(34)20-15-28(20)31-22(32)18-10-6-7-11-19(18)23(31)33/h3-11,16,20-21H,12-15H2,1-2H3/t16-,20-,21-,27+,28?/m1/s1. The van der Waals surface area contributed by atoms with Gasteiger partial charge in [0, 0.05) is 6.54 Å². The van der Waals surface area contributed by atoms with Crippen molar-refractivity contribution in [2.45, 2.75) is 45.2 Å². The molecular formula is C27H26N4O4. The lowest BCUT2D eigenvalue weighted by atomic mass is 9.67. The molecule has 35 heavy (non-hydrogen) atoms. The summed E-state index contributed by atoms with van der Waals surface area (Å²) in [6, 6.07) is 15.1. The Morgan fingerprint density at radius 3 is 2.14 bits per heavy atom. The maximum atomic E-state index is 14.1. The van der Waals surface area contributed by atoms with Gasteiger partial charge in [0.15, 0.2) is 0 Å². The van der Waals surface area contributed by atoms with Gasteiger partial charge in [0.25, 0.3) is 23.6 Å². The van der Waals surface area contributed by atoms with Crippen molar-refractivity contribution in [3.05, 3.63) is 65.7 Å². The highest BCUT2D eigenvalue weighted by molar-refractivity contribution is 6.21. The molecule has 2 bridgehead atoms. The van der Waals surface area contributed by atoms with E-state index in [0.717, 1.165) is 24.3 Å². The Morgan fingerprint density at radius 1 is 0.886 bits per heavy atom. The molecule has 1 spiro atoms. The van der Waals surface area contributed by atoms with E-state index in [1.54, 1.807) is 34.3 Å². The van der Waals surface area contributed by atoms with Crippen LogP contribution in [0.3, 0.4) is 0 Å². The van der Waals surface area contributed by atoms with Crippen LogP contribution in [-0.2, 0) is 9.59 Å². The summed E-state index contributed by atoms with van der Waals surface area (Å²) in [7, 11) is 0. The predicted molar refractivity (Wildman–Crippen MR) is 126 cm³/mol. The minimum atomic E-state index is -0.659. The molecule has 3 heterocycles. The first-order valence-corrected chi connectivity index (χ1v) is 12.3. The van der Waals surface area contributed by atoms with E-state index in [2.05, 4.69) is 13.8 Å². The Balaban J connectivity index is 1.24. The molecule has 2 aromatic rings. The molecule has 5 atom stereocenters. The maximum Gasteiger partial charge on any atom is 0.276 e. The Kier molecular flexibility index (Phi) is 3.91. The van der Waals surface area contributed by atoms with Crippen LogP contribution in [0.1, 0.15) is 53.8 Å². The number of benzene rings is 2. The third kappa shape index (κ3) is 2.35. The van der Waals surface area contributed by atoms with Crippen molar-refractivity contribution in [1.29, 1.82) is 0 Å². The number of fused-ring (bicyclic) bond motifs is 2. The fourth-order valence-electron chi connectivity index (χ4n) is 7.37. The van der Waals surface area contributed by atoms with E-state index in [1.807, 2.05) is 30.3 Å². The SMILES string of the molecule is CC1(C)[C@@H]2CC[C@]13C(=O)N(c1ccccc1)N(C(=O)[C@H]1CN1N1C(=O)c4ccccc4C1=O)[C@@H]3C2. The Bertz CT molecular complexity index is 1290. The van der Waals surface area contributed by atoms with Crippen LogP contribution >= 0.6 is 0 Å². The fourth-order valence-corrected chi connectivity index (χ4v) is 7.37. The lowest BCUT2D eigenvalue weighted by molar-refractivity contribution is -0.135. The van der Waals surface area contributed by atoms with Crippen molar-refractivity contribution in [2.24, 2.45) is 16.7 Å². The van der Waals surface area contributed by atoms with Crippen LogP contribution in [0.25, 0.3) is 0 Å². The highest BCUT2D eigenvalue weighted by atomic mass is 16.2. The smallest absolute Gasteiger partial charge is 0.272 e. The van der Waals surface area contributed by atoms with Gasteiger partial charge in [-0.15, -0.1) is 0 Å². The number of hydrazine groups is 2. The molecule has 0 aromatic heterocycles. The summed E-state index contributed by atoms with van der Waals surface area (Å²) in [5, 5.41) is 5.87. The van der Waals surface area contributed by atoms with Crippen LogP contribution in [0.2, 0.25) is 0 Å². The van der Waals surface area contributed by atoms with Crippen LogP contribution in [0.5, 0.6) is 0 Å². The molecule has 178 valence electrons. The minimum Gasteiger partial charge on any atom is -0.272 e. The Hall–Kier alpha value is -3.52. The second-order valence-electron chi connectivity index (χ2n) is 10.9. The van der Waals surface area contributed by atoms with Crippen molar-refractivity contribution in [3.63, 3.8) is 0 Å². The molecule has 3 aliphatic heterocycles. The van der Waals surface area contributed by atoms with Crippen molar-refractivity contribution in [1.82, 2.24) is 15.0 Å².